The molecule has 2 amide bonds. The maximum absolute atomic E-state index is 13.6. The Kier molecular flexibility index (Phi) is 10.4. The third-order valence-electron chi connectivity index (χ3n) is 8.31. The number of amides is 2. The Morgan fingerprint density at radius 1 is 1.16 bits per heavy atom. The Balaban J connectivity index is 1.16. The molecule has 2 aromatic heterocycles. The summed E-state index contributed by atoms with van der Waals surface area (Å²) in [6.45, 7) is 6.11. The average molecular weight is 599 g/mol. The van der Waals surface area contributed by atoms with Gasteiger partial charge < -0.3 is 30.9 Å². The normalized spacial score (nSPS) is 22.9. The summed E-state index contributed by atoms with van der Waals surface area (Å²) >= 11 is 0. The van der Waals surface area contributed by atoms with Crippen molar-refractivity contribution >= 4 is 23.0 Å². The van der Waals surface area contributed by atoms with E-state index in [0.29, 0.717) is 43.2 Å². The molecule has 4 atom stereocenters. The third kappa shape index (κ3) is 7.77. The molecule has 43 heavy (non-hydrogen) atoms. The van der Waals surface area contributed by atoms with Crippen molar-refractivity contribution in [3.8, 4) is 0 Å². The summed E-state index contributed by atoms with van der Waals surface area (Å²) in [5.74, 6) is 0.145. The molecule has 3 aromatic rings. The molecule has 234 valence electrons. The van der Waals surface area contributed by atoms with Gasteiger partial charge in [-0.2, -0.15) is 0 Å². The number of aliphatic hydroxyl groups is 2. The van der Waals surface area contributed by atoms with Crippen LogP contribution in [-0.4, -0.2) is 90.7 Å². The highest BCUT2D eigenvalue weighted by Gasteiger charge is 2.45. The van der Waals surface area contributed by atoms with Crippen LogP contribution in [0.25, 0.3) is 11.2 Å². The minimum absolute atomic E-state index is 0.118. The number of benzene rings is 1. The number of rotatable bonds is 12. The zero-order valence-electron chi connectivity index (χ0n) is 24.8. The molecule has 0 spiro atoms. The summed E-state index contributed by atoms with van der Waals surface area (Å²) in [5, 5.41) is 31.1. The standard InChI is InChI=1S/C30H43FN8O4/c1-19(2)38(13-7-12-32-30(42)37-22-10-4-3-5-11-22)16-23-25(40)26(41)29(43-23)39-18-36-24-27(34-17-35-28(24)39)33-15-20-8-6-9-21(31)14-20/h6,8-9,14,17-19,22-23,25-26,29,40-41H,3-5,7,10-13,15-16H2,1-2H3,(H2,32,37,42)(H,33,34,35)/t23-,25-,26-,29-/m1/s1. The van der Waals surface area contributed by atoms with Crippen LogP contribution in [0.1, 0.15) is 64.2 Å². The molecule has 5 rings (SSSR count). The second-order valence-corrected chi connectivity index (χ2v) is 11.8. The Morgan fingerprint density at radius 3 is 2.74 bits per heavy atom. The fraction of sp³-hybridized carbons (Fsp3) is 0.600. The molecule has 0 bridgehead atoms. The largest absolute Gasteiger partial charge is 0.387 e. The van der Waals surface area contributed by atoms with Crippen molar-refractivity contribution in [2.75, 3.05) is 25.0 Å². The highest BCUT2D eigenvalue weighted by molar-refractivity contribution is 5.82. The maximum atomic E-state index is 13.6. The predicted octanol–water partition coefficient (Wildman–Crippen LogP) is 2.93. The molecule has 0 radical (unpaired) electrons. The number of aliphatic hydroxyl groups excluding tert-OH is 2. The Bertz CT molecular complexity index is 1350. The third-order valence-corrected chi connectivity index (χ3v) is 8.31. The summed E-state index contributed by atoms with van der Waals surface area (Å²) < 4.78 is 21.4. The second-order valence-electron chi connectivity index (χ2n) is 11.8. The quantitative estimate of drug-likeness (QED) is 0.198. The molecule has 1 aromatic carbocycles. The van der Waals surface area contributed by atoms with Crippen molar-refractivity contribution in [1.29, 1.82) is 0 Å². The van der Waals surface area contributed by atoms with Crippen LogP contribution in [-0.2, 0) is 11.3 Å². The number of aromatic nitrogens is 4. The Hall–Kier alpha value is -3.39. The number of nitrogens with zero attached hydrogens (tertiary/aromatic N) is 5. The molecule has 2 aliphatic rings. The van der Waals surface area contributed by atoms with Gasteiger partial charge in [-0.05, 0) is 50.8 Å². The fourth-order valence-electron chi connectivity index (χ4n) is 5.87. The first-order chi connectivity index (χ1) is 20.8. The molecule has 1 saturated carbocycles. The van der Waals surface area contributed by atoms with Crippen molar-refractivity contribution < 1.29 is 24.1 Å². The molecule has 12 nitrogen and oxygen atoms in total. The first-order valence-electron chi connectivity index (χ1n) is 15.3. The van der Waals surface area contributed by atoms with Crippen molar-refractivity contribution in [2.24, 2.45) is 0 Å². The molecular weight excluding hydrogens is 555 g/mol. The SMILES string of the molecule is CC(C)N(CCCNC(=O)NC1CCCCC1)C[C@H]1O[C@@H](n2cnc3c(NCc4cccc(F)c4)ncnc32)[C@H](O)[C@@H]1O. The Morgan fingerprint density at radius 2 is 1.98 bits per heavy atom. The molecule has 13 heteroatoms. The van der Waals surface area contributed by atoms with Gasteiger partial charge in [0, 0.05) is 38.3 Å². The summed E-state index contributed by atoms with van der Waals surface area (Å²) in [5.41, 5.74) is 1.66. The van der Waals surface area contributed by atoms with E-state index in [1.54, 1.807) is 10.6 Å². The van der Waals surface area contributed by atoms with Gasteiger partial charge in [-0.15, -0.1) is 0 Å². The lowest BCUT2D eigenvalue weighted by Crippen LogP contribution is -2.45. The van der Waals surface area contributed by atoms with Crippen molar-refractivity contribution in [2.45, 2.75) is 95.5 Å². The number of halogens is 1. The number of ether oxygens (including phenoxy) is 1. The van der Waals surface area contributed by atoms with Crippen LogP contribution < -0.4 is 16.0 Å². The molecule has 1 aliphatic heterocycles. The monoisotopic (exact) mass is 598 g/mol. The maximum Gasteiger partial charge on any atom is 0.315 e. The number of hydrogen-bond donors (Lipinski definition) is 5. The molecule has 2 fully saturated rings. The van der Waals surface area contributed by atoms with Gasteiger partial charge in [0.1, 0.15) is 30.5 Å². The van der Waals surface area contributed by atoms with Crippen LogP contribution >= 0.6 is 0 Å². The molecular formula is C30H43FN8O4. The van der Waals surface area contributed by atoms with E-state index in [1.165, 1.54) is 44.0 Å². The number of urea groups is 1. The highest BCUT2D eigenvalue weighted by Crippen LogP contribution is 2.33. The van der Waals surface area contributed by atoms with Gasteiger partial charge in [0.05, 0.1) is 6.33 Å². The molecule has 3 heterocycles. The first-order valence-corrected chi connectivity index (χ1v) is 15.3. The zero-order valence-corrected chi connectivity index (χ0v) is 24.8. The van der Waals surface area contributed by atoms with Crippen molar-refractivity contribution in [1.82, 2.24) is 35.1 Å². The minimum atomic E-state index is -1.19. The lowest BCUT2D eigenvalue weighted by Gasteiger charge is -2.30. The number of imidazole rings is 1. The van der Waals surface area contributed by atoms with Crippen LogP contribution in [0.3, 0.4) is 0 Å². The van der Waals surface area contributed by atoms with Gasteiger partial charge in [0.15, 0.2) is 23.2 Å². The van der Waals surface area contributed by atoms with E-state index >= 15 is 0 Å². The van der Waals surface area contributed by atoms with Crippen LogP contribution in [0.15, 0.2) is 36.9 Å². The van der Waals surface area contributed by atoms with E-state index in [9.17, 15) is 19.4 Å². The summed E-state index contributed by atoms with van der Waals surface area (Å²) in [6.07, 6.45) is 5.45. The lowest BCUT2D eigenvalue weighted by molar-refractivity contribution is -0.0468. The smallest absolute Gasteiger partial charge is 0.315 e. The average Bonchev–Trinajstić information content (AvgIpc) is 3.54. The van der Waals surface area contributed by atoms with Gasteiger partial charge >= 0.3 is 6.03 Å². The van der Waals surface area contributed by atoms with E-state index in [0.717, 1.165) is 24.8 Å². The van der Waals surface area contributed by atoms with E-state index < -0.39 is 24.5 Å². The van der Waals surface area contributed by atoms with Crippen LogP contribution in [0.4, 0.5) is 15.0 Å². The van der Waals surface area contributed by atoms with Crippen LogP contribution in [0.2, 0.25) is 0 Å². The van der Waals surface area contributed by atoms with Gasteiger partial charge in [0.2, 0.25) is 0 Å². The van der Waals surface area contributed by atoms with Gasteiger partial charge in [-0.25, -0.2) is 24.1 Å². The highest BCUT2D eigenvalue weighted by atomic mass is 19.1. The van der Waals surface area contributed by atoms with Gasteiger partial charge in [-0.3, -0.25) is 9.47 Å². The van der Waals surface area contributed by atoms with Crippen molar-refractivity contribution in [3.63, 3.8) is 0 Å². The van der Waals surface area contributed by atoms with Gasteiger partial charge in [-0.1, -0.05) is 31.4 Å². The number of hydrogen-bond acceptors (Lipinski definition) is 9. The number of carbonyl (C=O) groups excluding carboxylic acids is 1. The number of fused-ring (bicyclic) bond motifs is 1. The van der Waals surface area contributed by atoms with Crippen LogP contribution in [0.5, 0.6) is 0 Å². The summed E-state index contributed by atoms with van der Waals surface area (Å²) in [6, 6.07) is 6.60. The van der Waals surface area contributed by atoms with E-state index in [1.807, 2.05) is 6.07 Å². The zero-order chi connectivity index (χ0) is 30.3. The Labute approximate surface area is 251 Å². The molecule has 1 aliphatic carbocycles. The summed E-state index contributed by atoms with van der Waals surface area (Å²) in [4.78, 5) is 27.5. The van der Waals surface area contributed by atoms with E-state index in [4.69, 9.17) is 4.74 Å². The molecule has 1 saturated heterocycles. The van der Waals surface area contributed by atoms with E-state index in [-0.39, 0.29) is 23.9 Å². The number of carbonyl (C=O) groups is 1. The lowest BCUT2D eigenvalue weighted by atomic mass is 9.96. The van der Waals surface area contributed by atoms with Crippen LogP contribution in [0, 0.1) is 5.82 Å². The summed E-state index contributed by atoms with van der Waals surface area (Å²) in [7, 11) is 0. The first kappa shape index (κ1) is 31.0. The number of nitrogens with one attached hydrogen (secondary N) is 3. The molecule has 0 unspecified atom stereocenters. The van der Waals surface area contributed by atoms with Crippen molar-refractivity contribution in [3.05, 3.63) is 48.3 Å². The molecule has 5 N–H and O–H groups in total. The van der Waals surface area contributed by atoms with Gasteiger partial charge in [0.25, 0.3) is 0 Å². The second kappa shape index (κ2) is 14.4. The predicted molar refractivity (Wildman–Crippen MR) is 160 cm³/mol. The number of anilines is 1. The minimum Gasteiger partial charge on any atom is -0.387 e. The topological polar surface area (TPSA) is 150 Å². The fourth-order valence-corrected chi connectivity index (χ4v) is 5.87. The van der Waals surface area contributed by atoms with E-state index in [2.05, 4.69) is 49.6 Å².